The molecule has 0 aliphatic carbocycles. The van der Waals surface area contributed by atoms with Gasteiger partial charge in [0.1, 0.15) is 5.82 Å². The maximum Gasteiger partial charge on any atom is 0.224 e. The normalized spacial score (nSPS) is 16.7. The summed E-state index contributed by atoms with van der Waals surface area (Å²) in [5.74, 6) is 2.47. The molecule has 1 aromatic rings. The van der Waals surface area contributed by atoms with Crippen LogP contribution < -0.4 is 10.2 Å². The number of methoxy groups -OCH3 is 1. The van der Waals surface area contributed by atoms with Gasteiger partial charge in [-0.1, -0.05) is 0 Å². The second-order valence-electron chi connectivity index (χ2n) is 5.11. The van der Waals surface area contributed by atoms with Crippen molar-refractivity contribution in [2.75, 3.05) is 43.6 Å². The van der Waals surface area contributed by atoms with Gasteiger partial charge < -0.3 is 15.0 Å². The third-order valence-corrected chi connectivity index (χ3v) is 3.52. The van der Waals surface area contributed by atoms with Gasteiger partial charge in [-0.15, -0.1) is 0 Å². The Labute approximate surface area is 115 Å². The summed E-state index contributed by atoms with van der Waals surface area (Å²) in [5, 5.41) is 3.19. The van der Waals surface area contributed by atoms with Gasteiger partial charge in [0.05, 0.1) is 0 Å². The molecule has 0 radical (unpaired) electrons. The minimum Gasteiger partial charge on any atom is -0.384 e. The van der Waals surface area contributed by atoms with E-state index in [0.29, 0.717) is 5.92 Å². The molecule has 19 heavy (non-hydrogen) atoms. The number of aromatic nitrogens is 2. The average Bonchev–Trinajstić information content (AvgIpc) is 2.40. The monoisotopic (exact) mass is 264 g/mol. The zero-order valence-corrected chi connectivity index (χ0v) is 12.1. The Kier molecular flexibility index (Phi) is 4.96. The van der Waals surface area contributed by atoms with Crippen LogP contribution >= 0.6 is 0 Å². The summed E-state index contributed by atoms with van der Waals surface area (Å²) >= 11 is 0. The quantitative estimate of drug-likeness (QED) is 0.882. The predicted octanol–water partition coefficient (Wildman–Crippen LogP) is 2.08. The summed E-state index contributed by atoms with van der Waals surface area (Å²) in [6, 6.07) is 2.07. The molecule has 5 heteroatoms. The van der Waals surface area contributed by atoms with Gasteiger partial charge in [0.25, 0.3) is 0 Å². The molecule has 5 nitrogen and oxygen atoms in total. The van der Waals surface area contributed by atoms with E-state index in [1.807, 2.05) is 6.92 Å². The van der Waals surface area contributed by atoms with E-state index < -0.39 is 0 Å². The third kappa shape index (κ3) is 3.80. The minimum absolute atomic E-state index is 0.692. The van der Waals surface area contributed by atoms with E-state index in [-0.39, 0.29) is 0 Å². The van der Waals surface area contributed by atoms with Crippen LogP contribution in [-0.4, -0.2) is 43.3 Å². The van der Waals surface area contributed by atoms with Crippen molar-refractivity contribution in [3.8, 4) is 0 Å². The molecular formula is C14H24N4O. The Hall–Kier alpha value is -1.36. The van der Waals surface area contributed by atoms with Crippen LogP contribution in [0.2, 0.25) is 0 Å². The summed E-state index contributed by atoms with van der Waals surface area (Å²) in [6.45, 7) is 7.90. The van der Waals surface area contributed by atoms with Gasteiger partial charge in [-0.25, -0.2) is 4.98 Å². The van der Waals surface area contributed by atoms with Crippen LogP contribution in [0, 0.1) is 12.8 Å². The lowest BCUT2D eigenvalue weighted by molar-refractivity contribution is 0.139. The zero-order valence-electron chi connectivity index (χ0n) is 12.1. The molecule has 106 valence electrons. The molecule has 0 bridgehead atoms. The largest absolute Gasteiger partial charge is 0.384 e. The molecule has 1 aliphatic heterocycles. The number of piperidine rings is 1. The van der Waals surface area contributed by atoms with Crippen molar-refractivity contribution < 1.29 is 4.74 Å². The zero-order chi connectivity index (χ0) is 13.7. The summed E-state index contributed by atoms with van der Waals surface area (Å²) in [4.78, 5) is 11.3. The van der Waals surface area contributed by atoms with Gasteiger partial charge >= 0.3 is 0 Å². The van der Waals surface area contributed by atoms with Crippen molar-refractivity contribution >= 4 is 11.8 Å². The average molecular weight is 264 g/mol. The molecule has 0 spiro atoms. The molecule has 0 unspecified atom stereocenters. The number of ether oxygens (including phenoxy) is 1. The molecule has 1 aliphatic rings. The van der Waals surface area contributed by atoms with Crippen molar-refractivity contribution in [2.45, 2.75) is 26.7 Å². The van der Waals surface area contributed by atoms with Gasteiger partial charge in [0, 0.05) is 45.1 Å². The van der Waals surface area contributed by atoms with Crippen molar-refractivity contribution in [2.24, 2.45) is 5.92 Å². The number of rotatable bonds is 5. The van der Waals surface area contributed by atoms with Crippen LogP contribution in [0.1, 0.15) is 25.5 Å². The number of hydrogen-bond acceptors (Lipinski definition) is 5. The van der Waals surface area contributed by atoms with Crippen LogP contribution in [0.5, 0.6) is 0 Å². The lowest BCUT2D eigenvalue weighted by Gasteiger charge is -2.32. The van der Waals surface area contributed by atoms with Gasteiger partial charge in [-0.3, -0.25) is 0 Å². The molecular weight excluding hydrogens is 240 g/mol. The number of aryl methyl sites for hydroxylation is 1. The van der Waals surface area contributed by atoms with Crippen molar-refractivity contribution in [3.63, 3.8) is 0 Å². The van der Waals surface area contributed by atoms with Gasteiger partial charge in [0.15, 0.2) is 0 Å². The summed E-state index contributed by atoms with van der Waals surface area (Å²) < 4.78 is 5.24. The topological polar surface area (TPSA) is 50.3 Å². The third-order valence-electron chi connectivity index (χ3n) is 3.52. The van der Waals surface area contributed by atoms with Gasteiger partial charge in [-0.05, 0) is 32.6 Å². The van der Waals surface area contributed by atoms with E-state index in [2.05, 4.69) is 33.2 Å². The fourth-order valence-corrected chi connectivity index (χ4v) is 2.52. The molecule has 1 fully saturated rings. The van der Waals surface area contributed by atoms with Crippen molar-refractivity contribution in [3.05, 3.63) is 11.8 Å². The highest BCUT2D eigenvalue weighted by Crippen LogP contribution is 2.23. The molecule has 1 aromatic heterocycles. The summed E-state index contributed by atoms with van der Waals surface area (Å²) in [7, 11) is 1.78. The number of nitrogens with one attached hydrogen (secondary N) is 1. The second kappa shape index (κ2) is 6.70. The first-order chi connectivity index (χ1) is 9.22. The van der Waals surface area contributed by atoms with E-state index in [1.165, 1.54) is 12.8 Å². The number of anilines is 2. The fourth-order valence-electron chi connectivity index (χ4n) is 2.52. The van der Waals surface area contributed by atoms with Crippen LogP contribution in [0.3, 0.4) is 0 Å². The Morgan fingerprint density at radius 3 is 2.74 bits per heavy atom. The van der Waals surface area contributed by atoms with E-state index in [4.69, 9.17) is 4.74 Å². The smallest absolute Gasteiger partial charge is 0.224 e. The number of nitrogens with zero attached hydrogens (tertiary/aromatic N) is 3. The van der Waals surface area contributed by atoms with Crippen LogP contribution in [0.15, 0.2) is 6.07 Å². The Morgan fingerprint density at radius 1 is 1.37 bits per heavy atom. The first kappa shape index (κ1) is 14.1. The van der Waals surface area contributed by atoms with Gasteiger partial charge in [0.2, 0.25) is 5.95 Å². The SMILES string of the molecule is CCNc1nc(C)cc(N2CCC(COC)CC2)n1. The maximum absolute atomic E-state index is 5.24. The van der Waals surface area contributed by atoms with Crippen LogP contribution in [0.25, 0.3) is 0 Å². The van der Waals surface area contributed by atoms with E-state index >= 15 is 0 Å². The lowest BCUT2D eigenvalue weighted by Crippen LogP contribution is -2.35. The minimum atomic E-state index is 0.692. The highest BCUT2D eigenvalue weighted by Gasteiger charge is 2.20. The fraction of sp³-hybridized carbons (Fsp3) is 0.714. The standard InChI is InChI=1S/C14H24N4O/c1-4-15-14-16-11(2)9-13(17-14)18-7-5-12(6-8-18)10-19-3/h9,12H,4-8,10H2,1-3H3,(H,15,16,17). The predicted molar refractivity (Wildman–Crippen MR) is 77.7 cm³/mol. The molecule has 1 saturated heterocycles. The molecule has 0 amide bonds. The Bertz CT molecular complexity index is 402. The molecule has 2 rings (SSSR count). The maximum atomic E-state index is 5.24. The Balaban J connectivity index is 2.02. The number of hydrogen-bond donors (Lipinski definition) is 1. The molecule has 0 saturated carbocycles. The second-order valence-corrected chi connectivity index (χ2v) is 5.11. The van der Waals surface area contributed by atoms with E-state index in [9.17, 15) is 0 Å². The molecule has 2 heterocycles. The lowest BCUT2D eigenvalue weighted by atomic mass is 9.98. The first-order valence-corrected chi connectivity index (χ1v) is 7.06. The van der Waals surface area contributed by atoms with Crippen LogP contribution in [-0.2, 0) is 4.74 Å². The first-order valence-electron chi connectivity index (χ1n) is 7.06. The molecule has 0 atom stereocenters. The van der Waals surface area contributed by atoms with Crippen LogP contribution in [0.4, 0.5) is 11.8 Å². The molecule has 1 N–H and O–H groups in total. The van der Waals surface area contributed by atoms with Gasteiger partial charge in [-0.2, -0.15) is 4.98 Å². The van der Waals surface area contributed by atoms with Crippen molar-refractivity contribution in [1.82, 2.24) is 9.97 Å². The highest BCUT2D eigenvalue weighted by molar-refractivity contribution is 5.45. The van der Waals surface area contributed by atoms with E-state index in [1.54, 1.807) is 7.11 Å². The van der Waals surface area contributed by atoms with E-state index in [0.717, 1.165) is 43.7 Å². The molecule has 0 aromatic carbocycles. The Morgan fingerprint density at radius 2 is 2.11 bits per heavy atom. The highest BCUT2D eigenvalue weighted by atomic mass is 16.5. The summed E-state index contributed by atoms with van der Waals surface area (Å²) in [6.07, 6.45) is 2.35. The summed E-state index contributed by atoms with van der Waals surface area (Å²) in [5.41, 5.74) is 1.01. The van der Waals surface area contributed by atoms with Crippen molar-refractivity contribution in [1.29, 1.82) is 0 Å².